The van der Waals surface area contributed by atoms with Crippen LogP contribution in [-0.2, 0) is 27.4 Å². The molecule has 2 amide bonds. The summed E-state index contributed by atoms with van der Waals surface area (Å²) in [6.45, 7) is 0.509. The molecule has 0 spiro atoms. The van der Waals surface area contributed by atoms with Gasteiger partial charge in [-0.3, -0.25) is 4.79 Å². The smallest absolute Gasteiger partial charge is 0.408 e. The third-order valence-corrected chi connectivity index (χ3v) is 4.67. The van der Waals surface area contributed by atoms with Crippen molar-refractivity contribution in [2.45, 2.75) is 44.4 Å². The molecule has 0 heterocycles. The maximum atomic E-state index is 12.8. The number of carboxylic acid groups (broad SMARTS) is 1. The summed E-state index contributed by atoms with van der Waals surface area (Å²) in [6, 6.07) is 16.3. The summed E-state index contributed by atoms with van der Waals surface area (Å²) in [5.74, 6) is -1.71. The van der Waals surface area contributed by atoms with E-state index >= 15 is 0 Å². The Labute approximate surface area is 181 Å². The van der Waals surface area contributed by atoms with E-state index in [1.165, 1.54) is 0 Å². The summed E-state index contributed by atoms with van der Waals surface area (Å²) in [5.41, 5.74) is 7.09. The van der Waals surface area contributed by atoms with Crippen LogP contribution in [0, 0.1) is 0 Å². The molecule has 2 aromatic rings. The first-order valence-electron chi connectivity index (χ1n) is 10.2. The lowest BCUT2D eigenvalue weighted by Gasteiger charge is -2.21. The summed E-state index contributed by atoms with van der Waals surface area (Å²) in [5, 5.41) is 14.5. The summed E-state index contributed by atoms with van der Waals surface area (Å²) < 4.78 is 5.22. The molecule has 8 heteroatoms. The van der Waals surface area contributed by atoms with Crippen molar-refractivity contribution in [3.63, 3.8) is 0 Å². The number of carbonyl (C=O) groups excluding carboxylic acids is 2. The van der Waals surface area contributed by atoms with E-state index in [2.05, 4.69) is 10.6 Å². The van der Waals surface area contributed by atoms with Gasteiger partial charge < -0.3 is 26.2 Å². The Hall–Kier alpha value is -3.39. The van der Waals surface area contributed by atoms with Crippen molar-refractivity contribution in [1.82, 2.24) is 10.6 Å². The number of amides is 2. The highest BCUT2D eigenvalue weighted by atomic mass is 16.5. The fourth-order valence-corrected chi connectivity index (χ4v) is 2.99. The summed E-state index contributed by atoms with van der Waals surface area (Å²) in [6.07, 6.45) is 0.938. The van der Waals surface area contributed by atoms with Gasteiger partial charge in [-0.15, -0.1) is 0 Å². The molecule has 0 aliphatic rings. The maximum absolute atomic E-state index is 12.8. The normalized spacial score (nSPS) is 12.4. The Kier molecular flexibility index (Phi) is 10.0. The highest BCUT2D eigenvalue weighted by Gasteiger charge is 2.27. The van der Waals surface area contributed by atoms with Crippen molar-refractivity contribution in [1.29, 1.82) is 0 Å². The number of carboxylic acids is 1. The molecule has 0 radical (unpaired) electrons. The summed E-state index contributed by atoms with van der Waals surface area (Å²) in [4.78, 5) is 36.7. The van der Waals surface area contributed by atoms with Crippen molar-refractivity contribution < 1.29 is 24.2 Å². The number of benzene rings is 2. The number of hydrogen-bond donors (Lipinski definition) is 4. The Morgan fingerprint density at radius 1 is 0.871 bits per heavy atom. The fraction of sp³-hybridized carbons (Fsp3) is 0.348. The van der Waals surface area contributed by atoms with Gasteiger partial charge in [-0.25, -0.2) is 9.59 Å². The van der Waals surface area contributed by atoms with Gasteiger partial charge in [0.05, 0.1) is 0 Å². The highest BCUT2D eigenvalue weighted by Crippen LogP contribution is 2.07. The largest absolute Gasteiger partial charge is 0.480 e. The number of rotatable bonds is 12. The molecule has 8 nitrogen and oxygen atoms in total. The van der Waals surface area contributed by atoms with Crippen LogP contribution in [-0.4, -0.2) is 41.7 Å². The minimum absolute atomic E-state index is 0.0587. The molecule has 0 aromatic heterocycles. The number of aliphatic carboxylic acids is 1. The van der Waals surface area contributed by atoms with E-state index in [0.29, 0.717) is 19.4 Å². The first-order valence-corrected chi connectivity index (χ1v) is 10.2. The van der Waals surface area contributed by atoms with Crippen molar-refractivity contribution in [2.75, 3.05) is 6.54 Å². The Balaban J connectivity index is 2.03. The standard InChI is InChI=1S/C23H29N3O5/c24-14-8-7-13-19(22(28)29)25-21(27)20(15-17-9-3-1-4-10-17)26-23(30)31-16-18-11-5-2-6-12-18/h1-6,9-12,19-20H,7-8,13-16,24H2,(H,25,27)(H,26,30)(H,28,29)/t19-,20-/m0/s1. The predicted molar refractivity (Wildman–Crippen MR) is 116 cm³/mol. The molecule has 5 N–H and O–H groups in total. The average Bonchev–Trinajstić information content (AvgIpc) is 2.78. The van der Waals surface area contributed by atoms with E-state index in [1.54, 1.807) is 0 Å². The van der Waals surface area contributed by atoms with E-state index in [0.717, 1.165) is 11.1 Å². The van der Waals surface area contributed by atoms with Crippen LogP contribution in [0.25, 0.3) is 0 Å². The van der Waals surface area contributed by atoms with Crippen LogP contribution in [0.4, 0.5) is 4.79 Å². The van der Waals surface area contributed by atoms with Crippen LogP contribution in [0.5, 0.6) is 0 Å². The van der Waals surface area contributed by atoms with Crippen LogP contribution in [0.15, 0.2) is 60.7 Å². The van der Waals surface area contributed by atoms with Crippen LogP contribution < -0.4 is 16.4 Å². The van der Waals surface area contributed by atoms with Gasteiger partial charge in [0, 0.05) is 6.42 Å². The third-order valence-electron chi connectivity index (χ3n) is 4.67. The van der Waals surface area contributed by atoms with E-state index in [-0.39, 0.29) is 19.4 Å². The maximum Gasteiger partial charge on any atom is 0.408 e. The number of alkyl carbamates (subject to hydrolysis) is 1. The molecule has 2 rings (SSSR count). The molecule has 0 fully saturated rings. The Morgan fingerprint density at radius 3 is 2.06 bits per heavy atom. The van der Waals surface area contributed by atoms with E-state index < -0.39 is 30.1 Å². The van der Waals surface area contributed by atoms with Gasteiger partial charge in [0.1, 0.15) is 18.7 Å². The van der Waals surface area contributed by atoms with Gasteiger partial charge in [-0.1, -0.05) is 60.7 Å². The molecule has 0 saturated heterocycles. The monoisotopic (exact) mass is 427 g/mol. The van der Waals surface area contributed by atoms with Crippen molar-refractivity contribution in [3.8, 4) is 0 Å². The molecule has 0 unspecified atom stereocenters. The fourth-order valence-electron chi connectivity index (χ4n) is 2.99. The van der Waals surface area contributed by atoms with Gasteiger partial charge in [0.15, 0.2) is 0 Å². The summed E-state index contributed by atoms with van der Waals surface area (Å²) >= 11 is 0. The van der Waals surface area contributed by atoms with Crippen LogP contribution >= 0.6 is 0 Å². The van der Waals surface area contributed by atoms with E-state index in [4.69, 9.17) is 10.5 Å². The molecule has 2 aromatic carbocycles. The Morgan fingerprint density at radius 2 is 1.48 bits per heavy atom. The third kappa shape index (κ3) is 8.88. The number of hydrogen-bond acceptors (Lipinski definition) is 5. The quantitative estimate of drug-likeness (QED) is 0.384. The van der Waals surface area contributed by atoms with Crippen molar-refractivity contribution in [3.05, 3.63) is 71.8 Å². The molecule has 0 saturated carbocycles. The van der Waals surface area contributed by atoms with Crippen LogP contribution in [0.1, 0.15) is 30.4 Å². The van der Waals surface area contributed by atoms with Gasteiger partial charge in [-0.05, 0) is 36.9 Å². The molecule has 31 heavy (non-hydrogen) atoms. The number of carbonyl (C=O) groups is 3. The SMILES string of the molecule is NCCCC[C@H](NC(=O)[C@H](Cc1ccccc1)NC(=O)OCc1ccccc1)C(=O)O. The first-order chi connectivity index (χ1) is 15.0. The molecule has 0 aliphatic heterocycles. The summed E-state index contributed by atoms with van der Waals surface area (Å²) in [7, 11) is 0. The molecule has 166 valence electrons. The zero-order chi connectivity index (χ0) is 22.5. The minimum Gasteiger partial charge on any atom is -0.480 e. The zero-order valence-corrected chi connectivity index (χ0v) is 17.3. The minimum atomic E-state index is -1.13. The number of nitrogens with one attached hydrogen (secondary N) is 2. The second kappa shape index (κ2) is 13.0. The van der Waals surface area contributed by atoms with Crippen molar-refractivity contribution in [2.24, 2.45) is 5.73 Å². The van der Waals surface area contributed by atoms with E-state index in [9.17, 15) is 19.5 Å². The first kappa shape index (κ1) is 23.9. The topological polar surface area (TPSA) is 131 Å². The van der Waals surface area contributed by atoms with Gasteiger partial charge in [-0.2, -0.15) is 0 Å². The number of unbranched alkanes of at least 4 members (excludes halogenated alkanes) is 1. The molecular formula is C23H29N3O5. The Bertz CT molecular complexity index is 830. The van der Waals surface area contributed by atoms with E-state index in [1.807, 2.05) is 60.7 Å². The zero-order valence-electron chi connectivity index (χ0n) is 17.3. The van der Waals surface area contributed by atoms with Gasteiger partial charge in [0.25, 0.3) is 0 Å². The van der Waals surface area contributed by atoms with Crippen LogP contribution in [0.3, 0.4) is 0 Å². The lowest BCUT2D eigenvalue weighted by Crippen LogP contribution is -2.52. The molecule has 2 atom stereocenters. The molecular weight excluding hydrogens is 398 g/mol. The predicted octanol–water partition coefficient (Wildman–Crippen LogP) is 2.22. The lowest BCUT2D eigenvalue weighted by molar-refractivity contribution is -0.142. The van der Waals surface area contributed by atoms with Crippen molar-refractivity contribution >= 4 is 18.0 Å². The highest BCUT2D eigenvalue weighted by molar-refractivity contribution is 5.89. The lowest BCUT2D eigenvalue weighted by atomic mass is 10.0. The number of ether oxygens (including phenoxy) is 1. The molecule has 0 aliphatic carbocycles. The van der Waals surface area contributed by atoms with Crippen LogP contribution in [0.2, 0.25) is 0 Å². The number of nitrogens with two attached hydrogens (primary N) is 1. The second-order valence-corrected chi connectivity index (χ2v) is 7.13. The molecule has 0 bridgehead atoms. The second-order valence-electron chi connectivity index (χ2n) is 7.13. The van der Waals surface area contributed by atoms with Gasteiger partial charge >= 0.3 is 12.1 Å². The van der Waals surface area contributed by atoms with Gasteiger partial charge in [0.2, 0.25) is 5.91 Å². The average molecular weight is 428 g/mol.